The molecule has 1 saturated heterocycles. The Labute approximate surface area is 136 Å². The van der Waals surface area contributed by atoms with Crippen LogP contribution in [0.5, 0.6) is 0 Å². The minimum atomic E-state index is -5.17. The highest BCUT2D eigenvalue weighted by Crippen LogP contribution is 2.32. The number of nitrogens with one attached hydrogen (secondary N) is 1. The van der Waals surface area contributed by atoms with E-state index in [2.05, 4.69) is 10.2 Å². The van der Waals surface area contributed by atoms with Crippen molar-refractivity contribution in [2.24, 2.45) is 0 Å². The summed E-state index contributed by atoms with van der Waals surface area (Å²) >= 11 is 0. The van der Waals surface area contributed by atoms with Crippen molar-refractivity contribution >= 4 is 17.7 Å². The third-order valence-electron chi connectivity index (χ3n) is 4.13. The van der Waals surface area contributed by atoms with Crippen molar-refractivity contribution in [2.75, 3.05) is 18.2 Å². The Balaban J connectivity index is 1.90. The zero-order chi connectivity index (χ0) is 17.3. The number of halogens is 3. The van der Waals surface area contributed by atoms with E-state index in [1.807, 2.05) is 0 Å². The van der Waals surface area contributed by atoms with Crippen LogP contribution in [0.25, 0.3) is 0 Å². The standard InChI is InChI=1S/C15H16F3N3O3/c16-15(17,18)13(22)24-21-12-4-2-1-3-10(12)9-20(14(21)23)11-5-7-19-8-6-11/h1-4,11,19H,5-9H2. The number of amides is 2. The van der Waals surface area contributed by atoms with E-state index in [9.17, 15) is 22.8 Å². The molecule has 2 heterocycles. The molecule has 24 heavy (non-hydrogen) atoms. The number of alkyl halides is 3. The number of carbonyl (C=O) groups excluding carboxylic acids is 2. The first-order valence-corrected chi connectivity index (χ1v) is 7.56. The van der Waals surface area contributed by atoms with E-state index in [1.165, 1.54) is 11.0 Å². The van der Waals surface area contributed by atoms with Gasteiger partial charge in [0.25, 0.3) is 0 Å². The average molecular weight is 343 g/mol. The number of carbonyl (C=O) groups is 2. The van der Waals surface area contributed by atoms with E-state index in [0.717, 1.165) is 13.1 Å². The molecule has 0 unspecified atom stereocenters. The van der Waals surface area contributed by atoms with E-state index in [0.29, 0.717) is 23.5 Å². The van der Waals surface area contributed by atoms with E-state index < -0.39 is 18.2 Å². The molecule has 0 aromatic heterocycles. The number of rotatable bonds is 2. The molecule has 130 valence electrons. The number of hydrogen-bond donors (Lipinski definition) is 1. The Morgan fingerprint density at radius 1 is 1.21 bits per heavy atom. The van der Waals surface area contributed by atoms with E-state index in [-0.39, 0.29) is 18.3 Å². The minimum Gasteiger partial charge on any atom is -0.323 e. The molecular weight excluding hydrogens is 327 g/mol. The third-order valence-corrected chi connectivity index (χ3v) is 4.13. The van der Waals surface area contributed by atoms with Gasteiger partial charge in [-0.2, -0.15) is 13.2 Å². The van der Waals surface area contributed by atoms with Crippen molar-refractivity contribution in [3.63, 3.8) is 0 Å². The van der Waals surface area contributed by atoms with Crippen LogP contribution in [-0.2, 0) is 16.2 Å². The molecule has 2 aliphatic rings. The fourth-order valence-corrected chi connectivity index (χ4v) is 2.94. The lowest BCUT2D eigenvalue weighted by Crippen LogP contribution is -2.54. The van der Waals surface area contributed by atoms with Crippen LogP contribution in [0.2, 0.25) is 0 Å². The Bertz CT molecular complexity index is 644. The van der Waals surface area contributed by atoms with E-state index in [4.69, 9.17) is 0 Å². The molecule has 0 spiro atoms. The van der Waals surface area contributed by atoms with E-state index >= 15 is 0 Å². The van der Waals surface area contributed by atoms with Crippen molar-refractivity contribution in [3.05, 3.63) is 29.8 Å². The molecule has 0 atom stereocenters. The maximum absolute atomic E-state index is 12.6. The second-order valence-corrected chi connectivity index (χ2v) is 5.69. The first-order valence-electron chi connectivity index (χ1n) is 7.56. The molecule has 1 aromatic carbocycles. The van der Waals surface area contributed by atoms with Crippen molar-refractivity contribution in [1.82, 2.24) is 10.2 Å². The van der Waals surface area contributed by atoms with Crippen LogP contribution < -0.4 is 10.4 Å². The highest BCUT2D eigenvalue weighted by atomic mass is 19.4. The number of piperidine rings is 1. The second-order valence-electron chi connectivity index (χ2n) is 5.69. The molecular formula is C15H16F3N3O3. The number of para-hydroxylation sites is 1. The van der Waals surface area contributed by atoms with Gasteiger partial charge in [0, 0.05) is 6.04 Å². The molecule has 1 N–H and O–H groups in total. The monoisotopic (exact) mass is 343 g/mol. The lowest BCUT2D eigenvalue weighted by molar-refractivity contribution is -0.200. The smallest absolute Gasteiger partial charge is 0.323 e. The van der Waals surface area contributed by atoms with Crippen LogP contribution >= 0.6 is 0 Å². The van der Waals surface area contributed by atoms with Crippen LogP contribution in [0.1, 0.15) is 18.4 Å². The lowest BCUT2D eigenvalue weighted by atomic mass is 10.0. The van der Waals surface area contributed by atoms with Gasteiger partial charge in [-0.1, -0.05) is 18.2 Å². The highest BCUT2D eigenvalue weighted by Gasteiger charge is 2.46. The molecule has 1 fully saturated rings. The number of fused-ring (bicyclic) bond motifs is 1. The number of benzene rings is 1. The van der Waals surface area contributed by atoms with Gasteiger partial charge in [0.2, 0.25) is 0 Å². The fraction of sp³-hybridized carbons (Fsp3) is 0.467. The molecule has 2 aliphatic heterocycles. The summed E-state index contributed by atoms with van der Waals surface area (Å²) in [5.74, 6) is -2.42. The molecule has 9 heteroatoms. The summed E-state index contributed by atoms with van der Waals surface area (Å²) in [7, 11) is 0. The van der Waals surface area contributed by atoms with Gasteiger partial charge >= 0.3 is 18.2 Å². The zero-order valence-corrected chi connectivity index (χ0v) is 12.7. The summed E-state index contributed by atoms with van der Waals surface area (Å²) < 4.78 is 37.6. The molecule has 3 rings (SSSR count). The topological polar surface area (TPSA) is 61.9 Å². The Morgan fingerprint density at radius 3 is 2.54 bits per heavy atom. The zero-order valence-electron chi connectivity index (χ0n) is 12.7. The molecule has 0 bridgehead atoms. The predicted octanol–water partition coefficient (Wildman–Crippen LogP) is 2.20. The predicted molar refractivity (Wildman–Crippen MR) is 77.9 cm³/mol. The Kier molecular flexibility index (Phi) is 4.35. The Morgan fingerprint density at radius 2 is 1.88 bits per heavy atom. The van der Waals surface area contributed by atoms with Gasteiger partial charge in [-0.3, -0.25) is 0 Å². The summed E-state index contributed by atoms with van der Waals surface area (Å²) in [4.78, 5) is 29.7. The number of hydrogen-bond acceptors (Lipinski definition) is 4. The third kappa shape index (κ3) is 3.16. The molecule has 6 nitrogen and oxygen atoms in total. The first-order chi connectivity index (χ1) is 11.4. The summed E-state index contributed by atoms with van der Waals surface area (Å²) in [6.07, 6.45) is -3.80. The fourth-order valence-electron chi connectivity index (χ4n) is 2.94. The summed E-state index contributed by atoms with van der Waals surface area (Å²) in [5.41, 5.74) is 0.788. The lowest BCUT2D eigenvalue weighted by Gasteiger charge is -2.41. The molecule has 0 aliphatic carbocycles. The SMILES string of the molecule is O=C1N(OC(=O)C(F)(F)F)c2ccccc2CN1C1CCNCC1. The molecule has 0 saturated carbocycles. The maximum Gasteiger partial charge on any atom is 0.493 e. The largest absolute Gasteiger partial charge is 0.493 e. The van der Waals surface area contributed by atoms with Crippen molar-refractivity contribution in [2.45, 2.75) is 31.6 Å². The van der Waals surface area contributed by atoms with Crippen molar-refractivity contribution < 1.29 is 27.6 Å². The Hall–Kier alpha value is -2.29. The van der Waals surface area contributed by atoms with Gasteiger partial charge in [-0.05, 0) is 37.6 Å². The molecule has 0 radical (unpaired) electrons. The summed E-state index contributed by atoms with van der Waals surface area (Å²) in [6.45, 7) is 1.72. The number of anilines is 1. The molecule has 2 amide bonds. The average Bonchev–Trinajstić information content (AvgIpc) is 2.57. The minimum absolute atomic E-state index is 0.112. The summed E-state index contributed by atoms with van der Waals surface area (Å²) in [6, 6.07) is 5.58. The highest BCUT2D eigenvalue weighted by molar-refractivity contribution is 5.95. The van der Waals surface area contributed by atoms with Gasteiger partial charge in [-0.15, -0.1) is 5.06 Å². The van der Waals surface area contributed by atoms with Gasteiger partial charge < -0.3 is 15.1 Å². The number of nitrogens with zero attached hydrogens (tertiary/aromatic N) is 2. The van der Waals surface area contributed by atoms with Gasteiger partial charge in [0.1, 0.15) is 0 Å². The van der Waals surface area contributed by atoms with Gasteiger partial charge in [-0.25, -0.2) is 9.59 Å². The van der Waals surface area contributed by atoms with Crippen molar-refractivity contribution in [3.8, 4) is 0 Å². The van der Waals surface area contributed by atoms with E-state index in [1.54, 1.807) is 18.2 Å². The van der Waals surface area contributed by atoms with Crippen LogP contribution in [0.15, 0.2) is 24.3 Å². The number of hydroxylamine groups is 1. The van der Waals surface area contributed by atoms with Crippen LogP contribution in [0.3, 0.4) is 0 Å². The van der Waals surface area contributed by atoms with Gasteiger partial charge in [0.05, 0.1) is 12.2 Å². The van der Waals surface area contributed by atoms with Crippen LogP contribution in [-0.4, -0.2) is 42.2 Å². The maximum atomic E-state index is 12.6. The van der Waals surface area contributed by atoms with Crippen LogP contribution in [0, 0.1) is 0 Å². The number of urea groups is 1. The molecule has 1 aromatic rings. The van der Waals surface area contributed by atoms with Crippen molar-refractivity contribution in [1.29, 1.82) is 0 Å². The summed E-state index contributed by atoms with van der Waals surface area (Å²) in [5, 5.41) is 3.62. The second kappa shape index (κ2) is 6.31. The quantitative estimate of drug-likeness (QED) is 0.894. The normalized spacial score (nSPS) is 19.2. The van der Waals surface area contributed by atoms with Gasteiger partial charge in [0.15, 0.2) is 0 Å². The van der Waals surface area contributed by atoms with Crippen LogP contribution in [0.4, 0.5) is 23.7 Å². The first kappa shape index (κ1) is 16.6.